The minimum atomic E-state index is -0.0255. The molecule has 0 aromatic carbocycles. The van der Waals surface area contributed by atoms with Crippen LogP contribution in [-0.2, 0) is 14.3 Å². The van der Waals surface area contributed by atoms with E-state index in [0.29, 0.717) is 18.8 Å². The lowest BCUT2D eigenvalue weighted by Crippen LogP contribution is -2.02. The van der Waals surface area contributed by atoms with Crippen molar-refractivity contribution in [1.82, 2.24) is 0 Å². The second kappa shape index (κ2) is 11.2. The highest BCUT2D eigenvalue weighted by Crippen LogP contribution is 2.12. The molecule has 0 amide bonds. The first-order valence-corrected chi connectivity index (χ1v) is 6.13. The molecule has 2 aliphatic rings. The van der Waals surface area contributed by atoms with Gasteiger partial charge in [-0.15, -0.1) is 0 Å². The summed E-state index contributed by atoms with van der Waals surface area (Å²) in [5, 5.41) is 0. The van der Waals surface area contributed by atoms with Gasteiger partial charge in [-0.3, -0.25) is 9.59 Å². The molecule has 0 spiro atoms. The molecule has 0 bridgehead atoms. The normalized spacial score (nSPS) is 19.8. The predicted octanol–water partition coefficient (Wildman–Crippen LogP) is 2.69. The van der Waals surface area contributed by atoms with E-state index in [-0.39, 0.29) is 5.97 Å². The molecule has 5 heteroatoms. The van der Waals surface area contributed by atoms with Gasteiger partial charge < -0.3 is 4.74 Å². The van der Waals surface area contributed by atoms with E-state index in [1.165, 1.54) is 6.42 Å². The number of ketones is 1. The van der Waals surface area contributed by atoms with Gasteiger partial charge in [0, 0.05) is 29.2 Å². The maximum atomic E-state index is 10.5. The van der Waals surface area contributed by atoms with Crippen LogP contribution in [0.4, 0.5) is 0 Å². The Bertz CT molecular complexity index is 209. The molecular weight excluding hydrogens is 224 g/mol. The highest BCUT2D eigenvalue weighted by molar-refractivity contribution is 5.78. The van der Waals surface area contributed by atoms with E-state index < -0.39 is 0 Å². The van der Waals surface area contributed by atoms with Crippen molar-refractivity contribution >= 4 is 11.8 Å². The average Bonchev–Trinajstić information content (AvgIpc) is 2.61. The first kappa shape index (κ1) is 15.7. The SMILES string of the molecule is O=C1CCCCC1.O=C1CCCCCO1.O=O. The van der Waals surface area contributed by atoms with E-state index >= 15 is 0 Å². The number of cyclic esters (lactones) is 1. The fourth-order valence-corrected chi connectivity index (χ4v) is 1.75. The van der Waals surface area contributed by atoms with Crippen LogP contribution in [-0.4, -0.2) is 18.4 Å². The zero-order valence-electron chi connectivity index (χ0n) is 10.1. The third kappa shape index (κ3) is 9.66. The van der Waals surface area contributed by atoms with Crippen LogP contribution in [0, 0.1) is 9.93 Å². The molecule has 1 saturated heterocycles. The molecule has 5 nitrogen and oxygen atoms in total. The standard InChI is InChI=1S/C6H10O2.C6H10O.O2/c7-6-4-2-1-3-5-8-6;7-6-4-2-1-3-5-6;1-2/h1-5H2;1-5H2;. The predicted molar refractivity (Wildman–Crippen MR) is 64.3 cm³/mol. The van der Waals surface area contributed by atoms with Crippen LogP contribution in [0.15, 0.2) is 0 Å². The summed E-state index contributed by atoms with van der Waals surface area (Å²) in [6, 6.07) is 0. The van der Waals surface area contributed by atoms with Crippen molar-refractivity contribution < 1.29 is 14.3 Å². The Kier molecular flexibility index (Phi) is 10.4. The second-order valence-electron chi connectivity index (χ2n) is 4.13. The third-order valence-corrected chi connectivity index (χ3v) is 2.70. The van der Waals surface area contributed by atoms with Crippen molar-refractivity contribution in [1.29, 1.82) is 0 Å². The molecule has 17 heavy (non-hydrogen) atoms. The average molecular weight is 244 g/mol. The number of Topliss-reactive ketones (excluding diaryl/α,β-unsaturated/α-hetero) is 1. The Morgan fingerprint density at radius 3 is 1.76 bits per heavy atom. The molecule has 1 saturated carbocycles. The van der Waals surface area contributed by atoms with Crippen molar-refractivity contribution in [2.75, 3.05) is 6.61 Å². The van der Waals surface area contributed by atoms with Gasteiger partial charge >= 0.3 is 5.97 Å². The summed E-state index contributed by atoms with van der Waals surface area (Å²) < 4.78 is 4.76. The summed E-state index contributed by atoms with van der Waals surface area (Å²) in [6.45, 7) is 0.638. The number of hydrogen-bond acceptors (Lipinski definition) is 5. The van der Waals surface area contributed by atoms with Gasteiger partial charge in [-0.25, -0.2) is 0 Å². The lowest BCUT2D eigenvalue weighted by Gasteiger charge is -2.05. The molecular formula is C12H20O5. The van der Waals surface area contributed by atoms with E-state index in [1.54, 1.807) is 0 Å². The summed E-state index contributed by atoms with van der Waals surface area (Å²) in [7, 11) is 0. The van der Waals surface area contributed by atoms with Crippen molar-refractivity contribution in [2.24, 2.45) is 0 Å². The molecule has 98 valence electrons. The van der Waals surface area contributed by atoms with Gasteiger partial charge in [-0.05, 0) is 32.1 Å². The first-order chi connectivity index (χ1) is 8.29. The summed E-state index contributed by atoms with van der Waals surface area (Å²) in [6.07, 6.45) is 9.07. The number of carbonyl (C=O) groups is 2. The van der Waals surface area contributed by atoms with Gasteiger partial charge in [0.05, 0.1) is 6.61 Å². The van der Waals surface area contributed by atoms with E-state index in [9.17, 15) is 9.59 Å². The van der Waals surface area contributed by atoms with E-state index in [4.69, 9.17) is 14.7 Å². The summed E-state index contributed by atoms with van der Waals surface area (Å²) in [4.78, 5) is 34.9. The Balaban J connectivity index is 0.000000265. The van der Waals surface area contributed by atoms with E-state index in [0.717, 1.165) is 44.9 Å². The minimum absolute atomic E-state index is 0.0255. The fourth-order valence-electron chi connectivity index (χ4n) is 1.75. The largest absolute Gasteiger partial charge is 0.466 e. The Morgan fingerprint density at radius 2 is 1.24 bits per heavy atom. The molecule has 2 rings (SSSR count). The fraction of sp³-hybridized carbons (Fsp3) is 0.833. The number of esters is 1. The number of hydrogen-bond donors (Lipinski definition) is 0. The van der Waals surface area contributed by atoms with Crippen LogP contribution in [0.25, 0.3) is 0 Å². The van der Waals surface area contributed by atoms with Gasteiger partial charge in [0.15, 0.2) is 0 Å². The number of carbonyl (C=O) groups excluding carboxylic acids is 2. The summed E-state index contributed by atoms with van der Waals surface area (Å²) in [5.41, 5.74) is 0. The van der Waals surface area contributed by atoms with Crippen LogP contribution in [0.2, 0.25) is 0 Å². The number of ether oxygens (including phenoxy) is 1. The van der Waals surface area contributed by atoms with Crippen LogP contribution < -0.4 is 0 Å². The van der Waals surface area contributed by atoms with Crippen LogP contribution in [0.3, 0.4) is 0 Å². The Morgan fingerprint density at radius 1 is 0.706 bits per heavy atom. The van der Waals surface area contributed by atoms with E-state index in [1.807, 2.05) is 0 Å². The minimum Gasteiger partial charge on any atom is -0.466 e. The Labute approximate surface area is 101 Å². The monoisotopic (exact) mass is 244 g/mol. The van der Waals surface area contributed by atoms with Crippen molar-refractivity contribution in [3.8, 4) is 0 Å². The first-order valence-electron chi connectivity index (χ1n) is 6.13. The molecule has 1 aliphatic heterocycles. The molecule has 0 radical (unpaired) electrons. The van der Waals surface area contributed by atoms with Gasteiger partial charge in [-0.2, -0.15) is 0 Å². The summed E-state index contributed by atoms with van der Waals surface area (Å²) >= 11 is 0. The molecule has 0 aromatic heterocycles. The van der Waals surface area contributed by atoms with Crippen LogP contribution in [0.1, 0.15) is 57.8 Å². The van der Waals surface area contributed by atoms with Crippen molar-refractivity contribution in [3.05, 3.63) is 9.93 Å². The molecule has 0 aromatic rings. The van der Waals surface area contributed by atoms with Gasteiger partial charge in [-0.1, -0.05) is 6.42 Å². The molecule has 0 unspecified atom stereocenters. The number of rotatable bonds is 0. The maximum absolute atomic E-state index is 10.5. The van der Waals surface area contributed by atoms with Crippen LogP contribution in [0.5, 0.6) is 0 Å². The highest BCUT2D eigenvalue weighted by atomic mass is 16.7. The lowest BCUT2D eigenvalue weighted by atomic mass is 10.00. The third-order valence-electron chi connectivity index (χ3n) is 2.70. The Hall–Kier alpha value is -1.26. The van der Waals surface area contributed by atoms with E-state index in [2.05, 4.69) is 0 Å². The van der Waals surface area contributed by atoms with Crippen LogP contribution >= 0.6 is 0 Å². The van der Waals surface area contributed by atoms with Gasteiger partial charge in [0.1, 0.15) is 5.78 Å². The zero-order chi connectivity index (χ0) is 12.9. The molecule has 0 N–H and O–H groups in total. The van der Waals surface area contributed by atoms with Crippen molar-refractivity contribution in [2.45, 2.75) is 57.8 Å². The summed E-state index contributed by atoms with van der Waals surface area (Å²) in [5.74, 6) is 0.439. The van der Waals surface area contributed by atoms with Gasteiger partial charge in [0.2, 0.25) is 0 Å². The molecule has 2 fully saturated rings. The van der Waals surface area contributed by atoms with Crippen molar-refractivity contribution in [3.63, 3.8) is 0 Å². The highest BCUT2D eigenvalue weighted by Gasteiger charge is 2.06. The maximum Gasteiger partial charge on any atom is 0.305 e. The zero-order valence-corrected chi connectivity index (χ0v) is 10.1. The second-order valence-corrected chi connectivity index (χ2v) is 4.13. The molecule has 1 aliphatic carbocycles. The smallest absolute Gasteiger partial charge is 0.305 e. The quantitative estimate of drug-likeness (QED) is 0.612. The lowest BCUT2D eigenvalue weighted by molar-refractivity contribution is -0.142. The van der Waals surface area contributed by atoms with Gasteiger partial charge in [0.25, 0.3) is 0 Å². The topological polar surface area (TPSA) is 77.5 Å². The molecule has 0 atom stereocenters. The molecule has 1 heterocycles.